The Morgan fingerprint density at radius 1 is 1.15 bits per heavy atom. The molecule has 0 aliphatic carbocycles. The first-order chi connectivity index (χ1) is 9.65. The Labute approximate surface area is 126 Å². The van der Waals surface area contributed by atoms with Crippen LogP contribution in [0.2, 0.25) is 0 Å². The number of halogens is 1. The Morgan fingerprint density at radius 3 is 2.60 bits per heavy atom. The first kappa shape index (κ1) is 14.8. The monoisotopic (exact) mass is 333 g/mol. The maximum atomic E-state index is 11.9. The smallest absolute Gasteiger partial charge is 0.251 e. The lowest BCUT2D eigenvalue weighted by atomic mass is 10.1. The van der Waals surface area contributed by atoms with Crippen molar-refractivity contribution in [2.24, 2.45) is 0 Å². The van der Waals surface area contributed by atoms with Crippen molar-refractivity contribution in [3.63, 3.8) is 0 Å². The normalized spacial score (nSPS) is 11.9. The average molecular weight is 334 g/mol. The molecule has 20 heavy (non-hydrogen) atoms. The number of hydrogen-bond acceptors (Lipinski definition) is 2. The highest BCUT2D eigenvalue weighted by molar-refractivity contribution is 9.10. The first-order valence-corrected chi connectivity index (χ1v) is 7.20. The summed E-state index contributed by atoms with van der Waals surface area (Å²) in [5, 5.41) is 12.7. The molecule has 2 aromatic rings. The second-order valence-corrected chi connectivity index (χ2v) is 5.48. The molecule has 0 aromatic heterocycles. The zero-order chi connectivity index (χ0) is 14.4. The lowest BCUT2D eigenvalue weighted by Crippen LogP contribution is -2.33. The summed E-state index contributed by atoms with van der Waals surface area (Å²) in [6.07, 6.45) is -0.0620. The van der Waals surface area contributed by atoms with E-state index in [4.69, 9.17) is 0 Å². The minimum atomic E-state index is -0.589. The maximum absolute atomic E-state index is 11.9. The summed E-state index contributed by atoms with van der Waals surface area (Å²) in [5.74, 6) is -0.182. The van der Waals surface area contributed by atoms with Crippen LogP contribution in [0.1, 0.15) is 15.9 Å². The molecule has 0 saturated carbocycles. The van der Waals surface area contributed by atoms with Crippen LogP contribution in [-0.4, -0.2) is 23.7 Å². The topological polar surface area (TPSA) is 49.3 Å². The summed E-state index contributed by atoms with van der Waals surface area (Å²) in [6.45, 7) is 0.236. The van der Waals surface area contributed by atoms with Crippen molar-refractivity contribution >= 4 is 21.8 Å². The van der Waals surface area contributed by atoms with Crippen LogP contribution in [-0.2, 0) is 6.42 Å². The van der Waals surface area contributed by atoms with E-state index in [9.17, 15) is 9.90 Å². The largest absolute Gasteiger partial charge is 0.391 e. The molecule has 2 N–H and O–H groups in total. The molecule has 0 bridgehead atoms. The van der Waals surface area contributed by atoms with Gasteiger partial charge in [-0.15, -0.1) is 0 Å². The molecule has 2 rings (SSSR count). The van der Waals surface area contributed by atoms with E-state index in [-0.39, 0.29) is 12.5 Å². The van der Waals surface area contributed by atoms with Gasteiger partial charge in [-0.25, -0.2) is 0 Å². The summed E-state index contributed by atoms with van der Waals surface area (Å²) in [6, 6.07) is 16.9. The average Bonchev–Trinajstić information content (AvgIpc) is 2.46. The fraction of sp³-hybridized carbons (Fsp3) is 0.188. The fourth-order valence-corrected chi connectivity index (χ4v) is 2.30. The molecule has 0 heterocycles. The molecule has 1 atom stereocenters. The third-order valence-corrected chi connectivity index (χ3v) is 3.39. The Hall–Kier alpha value is -1.65. The number of rotatable bonds is 5. The van der Waals surface area contributed by atoms with E-state index in [0.29, 0.717) is 12.0 Å². The third-order valence-electron chi connectivity index (χ3n) is 2.90. The van der Waals surface area contributed by atoms with Crippen molar-refractivity contribution in [3.8, 4) is 0 Å². The molecule has 0 aliphatic heterocycles. The highest BCUT2D eigenvalue weighted by Gasteiger charge is 2.09. The fourth-order valence-electron chi connectivity index (χ4n) is 1.90. The lowest BCUT2D eigenvalue weighted by molar-refractivity contribution is 0.0916. The second-order valence-electron chi connectivity index (χ2n) is 4.56. The number of hydrogen-bond donors (Lipinski definition) is 2. The van der Waals surface area contributed by atoms with E-state index < -0.39 is 6.10 Å². The predicted molar refractivity (Wildman–Crippen MR) is 82.6 cm³/mol. The van der Waals surface area contributed by atoms with Crippen molar-refractivity contribution in [2.75, 3.05) is 6.54 Å². The number of benzene rings is 2. The first-order valence-electron chi connectivity index (χ1n) is 6.41. The molecule has 3 nitrogen and oxygen atoms in total. The number of aliphatic hydroxyl groups is 1. The van der Waals surface area contributed by atoms with Crippen molar-refractivity contribution < 1.29 is 9.90 Å². The van der Waals surface area contributed by atoms with Crippen molar-refractivity contribution in [3.05, 3.63) is 70.2 Å². The van der Waals surface area contributed by atoms with Gasteiger partial charge in [0, 0.05) is 23.0 Å². The van der Waals surface area contributed by atoms with Gasteiger partial charge in [-0.05, 0) is 23.8 Å². The molecule has 0 aliphatic rings. The summed E-state index contributed by atoms with van der Waals surface area (Å²) in [4.78, 5) is 11.9. The summed E-state index contributed by atoms with van der Waals surface area (Å²) in [5.41, 5.74) is 1.63. The minimum Gasteiger partial charge on any atom is -0.391 e. The van der Waals surface area contributed by atoms with Gasteiger partial charge in [0.2, 0.25) is 0 Å². The van der Waals surface area contributed by atoms with Crippen LogP contribution in [0, 0.1) is 0 Å². The van der Waals surface area contributed by atoms with Crippen LogP contribution in [0.3, 0.4) is 0 Å². The zero-order valence-corrected chi connectivity index (χ0v) is 12.5. The third kappa shape index (κ3) is 4.47. The van der Waals surface area contributed by atoms with Crippen LogP contribution >= 0.6 is 15.9 Å². The SMILES string of the molecule is O=C(NC[C@H](O)Cc1ccccc1)c1cccc(Br)c1. The molecular weight excluding hydrogens is 318 g/mol. The van der Waals surface area contributed by atoms with Crippen LogP contribution in [0.5, 0.6) is 0 Å². The van der Waals surface area contributed by atoms with E-state index >= 15 is 0 Å². The molecule has 1 amide bonds. The number of carbonyl (C=O) groups excluding carboxylic acids is 1. The van der Waals surface area contributed by atoms with Crippen LogP contribution in [0.4, 0.5) is 0 Å². The van der Waals surface area contributed by atoms with Gasteiger partial charge in [0.1, 0.15) is 0 Å². The van der Waals surface area contributed by atoms with Gasteiger partial charge in [0.25, 0.3) is 5.91 Å². The van der Waals surface area contributed by atoms with Gasteiger partial charge in [-0.1, -0.05) is 52.3 Å². The molecule has 2 aromatic carbocycles. The second kappa shape index (κ2) is 7.22. The zero-order valence-electron chi connectivity index (χ0n) is 10.9. The summed E-state index contributed by atoms with van der Waals surface area (Å²) in [7, 11) is 0. The molecule has 0 radical (unpaired) electrons. The molecular formula is C16H16BrNO2. The van der Waals surface area contributed by atoms with Gasteiger partial charge in [0.15, 0.2) is 0 Å². The standard InChI is InChI=1S/C16H16BrNO2/c17-14-8-4-7-13(10-14)16(20)18-11-15(19)9-12-5-2-1-3-6-12/h1-8,10,15,19H,9,11H2,(H,18,20)/t15-/m1/s1. The Balaban J connectivity index is 1.84. The van der Waals surface area contributed by atoms with Crippen molar-refractivity contribution in [1.29, 1.82) is 0 Å². The van der Waals surface area contributed by atoms with E-state index in [1.54, 1.807) is 18.2 Å². The van der Waals surface area contributed by atoms with Crippen molar-refractivity contribution in [1.82, 2.24) is 5.32 Å². The van der Waals surface area contributed by atoms with Crippen molar-refractivity contribution in [2.45, 2.75) is 12.5 Å². The Morgan fingerprint density at radius 2 is 1.90 bits per heavy atom. The molecule has 0 fully saturated rings. The van der Waals surface area contributed by atoms with Gasteiger partial charge in [-0.3, -0.25) is 4.79 Å². The number of amides is 1. The predicted octanol–water partition coefficient (Wildman–Crippen LogP) is 2.78. The van der Waals surface area contributed by atoms with Gasteiger partial charge in [-0.2, -0.15) is 0 Å². The van der Waals surface area contributed by atoms with E-state index in [1.807, 2.05) is 36.4 Å². The molecule has 0 unspecified atom stereocenters. The minimum absolute atomic E-state index is 0.182. The highest BCUT2D eigenvalue weighted by atomic mass is 79.9. The summed E-state index contributed by atoms with van der Waals surface area (Å²) >= 11 is 3.33. The van der Waals surface area contributed by atoms with E-state index in [2.05, 4.69) is 21.2 Å². The van der Waals surface area contributed by atoms with Gasteiger partial charge in [0.05, 0.1) is 6.10 Å². The van der Waals surface area contributed by atoms with Gasteiger partial charge >= 0.3 is 0 Å². The Bertz CT molecular complexity index is 572. The van der Waals surface area contributed by atoms with Crippen LogP contribution in [0.25, 0.3) is 0 Å². The van der Waals surface area contributed by atoms with Crippen LogP contribution in [0.15, 0.2) is 59.1 Å². The highest BCUT2D eigenvalue weighted by Crippen LogP contribution is 2.11. The summed E-state index contributed by atoms with van der Waals surface area (Å²) < 4.78 is 0.856. The quantitative estimate of drug-likeness (QED) is 0.883. The number of nitrogens with one attached hydrogen (secondary N) is 1. The molecule has 4 heteroatoms. The number of aliphatic hydroxyl groups excluding tert-OH is 1. The molecule has 0 saturated heterocycles. The molecule has 0 spiro atoms. The van der Waals surface area contributed by atoms with Crippen LogP contribution < -0.4 is 5.32 Å². The Kier molecular flexibility index (Phi) is 5.32. The van der Waals surface area contributed by atoms with Gasteiger partial charge < -0.3 is 10.4 Å². The van der Waals surface area contributed by atoms with E-state index in [1.165, 1.54) is 0 Å². The lowest BCUT2D eigenvalue weighted by Gasteiger charge is -2.12. The maximum Gasteiger partial charge on any atom is 0.251 e. The number of carbonyl (C=O) groups is 1. The molecule has 104 valence electrons. The van der Waals surface area contributed by atoms with E-state index in [0.717, 1.165) is 10.0 Å².